The summed E-state index contributed by atoms with van der Waals surface area (Å²) in [5, 5.41) is 19.8. The van der Waals surface area contributed by atoms with Gasteiger partial charge in [-0.3, -0.25) is 9.36 Å². The lowest BCUT2D eigenvalue weighted by Crippen LogP contribution is -2.41. The number of rotatable bonds is 8. The first kappa shape index (κ1) is 18.3. The molecule has 22 heavy (non-hydrogen) atoms. The Morgan fingerprint density at radius 2 is 1.77 bits per heavy atom. The fourth-order valence-electron chi connectivity index (χ4n) is 1.85. The first-order valence-electron chi connectivity index (χ1n) is 6.46. The summed E-state index contributed by atoms with van der Waals surface area (Å²) in [4.78, 5) is 40.6. The maximum absolute atomic E-state index is 12.0. The zero-order valence-electron chi connectivity index (χ0n) is 11.6. The molecule has 0 aromatic heterocycles. The summed E-state index contributed by atoms with van der Waals surface area (Å²) in [5.41, 5.74) is 0.717. The van der Waals surface area contributed by atoms with Crippen LogP contribution in [0, 0.1) is 5.92 Å². The largest absolute Gasteiger partial charge is 0.479 e. The number of hydrogen-bond donors (Lipinski definition) is 5. The Labute approximate surface area is 126 Å². The Balaban J connectivity index is 2.74. The molecule has 0 radical (unpaired) electrons. The van der Waals surface area contributed by atoms with Crippen LogP contribution in [0.15, 0.2) is 30.3 Å². The molecule has 0 aliphatic carbocycles. The average Bonchev–Trinajstić information content (AvgIpc) is 2.43. The molecule has 2 unspecified atom stereocenters. The first-order valence-corrected chi connectivity index (χ1v) is 8.26. The number of hydrogen-bond acceptors (Lipinski definition) is 4. The van der Waals surface area contributed by atoms with E-state index in [0.717, 1.165) is 5.56 Å². The van der Waals surface area contributed by atoms with Crippen molar-refractivity contribution in [2.45, 2.75) is 12.5 Å². The minimum Gasteiger partial charge on any atom is -0.479 e. The average molecular weight is 331 g/mol. The van der Waals surface area contributed by atoms with E-state index < -0.39 is 44.2 Å². The fourth-order valence-corrected chi connectivity index (χ4v) is 2.72. The molecular formula is C13H18NO7P. The van der Waals surface area contributed by atoms with Crippen LogP contribution in [-0.2, 0) is 20.6 Å². The highest BCUT2D eigenvalue weighted by atomic mass is 31.2. The molecule has 1 rings (SSSR count). The van der Waals surface area contributed by atoms with E-state index in [9.17, 15) is 14.2 Å². The molecule has 0 saturated carbocycles. The van der Waals surface area contributed by atoms with Crippen molar-refractivity contribution in [1.82, 2.24) is 5.32 Å². The van der Waals surface area contributed by atoms with Gasteiger partial charge in [0, 0.05) is 0 Å². The van der Waals surface area contributed by atoms with Crippen LogP contribution in [0.25, 0.3) is 0 Å². The summed E-state index contributed by atoms with van der Waals surface area (Å²) in [6.45, 7) is -0.527. The normalized spacial score (nSPS) is 14.1. The van der Waals surface area contributed by atoms with Gasteiger partial charge in [0.25, 0.3) is 0 Å². The number of carboxylic acids is 1. The molecule has 0 heterocycles. The molecule has 9 heteroatoms. The second kappa shape index (κ2) is 8.05. The van der Waals surface area contributed by atoms with Gasteiger partial charge in [0.2, 0.25) is 5.91 Å². The Kier molecular flexibility index (Phi) is 6.70. The minimum atomic E-state index is -4.42. The fraction of sp³-hybridized carbons (Fsp3) is 0.385. The number of carbonyl (C=O) groups is 2. The van der Waals surface area contributed by atoms with Crippen LogP contribution in [-0.4, -0.2) is 50.7 Å². The van der Waals surface area contributed by atoms with E-state index in [4.69, 9.17) is 20.0 Å². The van der Waals surface area contributed by atoms with E-state index >= 15 is 0 Å². The Morgan fingerprint density at radius 3 is 2.27 bits per heavy atom. The molecule has 1 aromatic carbocycles. The van der Waals surface area contributed by atoms with E-state index in [2.05, 4.69) is 5.32 Å². The van der Waals surface area contributed by atoms with Crippen LogP contribution in [0.3, 0.4) is 0 Å². The van der Waals surface area contributed by atoms with Gasteiger partial charge in [0.15, 0.2) is 6.10 Å². The van der Waals surface area contributed by atoms with Gasteiger partial charge in [-0.05, 0) is 12.0 Å². The molecule has 0 bridgehead atoms. The Bertz CT molecular complexity index is 557. The van der Waals surface area contributed by atoms with E-state index in [1.54, 1.807) is 30.3 Å². The van der Waals surface area contributed by atoms with Crippen LogP contribution in [0.4, 0.5) is 0 Å². The summed E-state index contributed by atoms with van der Waals surface area (Å²) in [6, 6.07) is 8.66. The number of aliphatic hydroxyl groups excluding tert-OH is 1. The summed E-state index contributed by atoms with van der Waals surface area (Å²) < 4.78 is 11.2. The Hall–Kier alpha value is -1.73. The minimum absolute atomic E-state index is 0.0982. The molecule has 122 valence electrons. The molecule has 8 nitrogen and oxygen atoms in total. The molecule has 2 atom stereocenters. The number of aliphatic carboxylic acids is 1. The second-order valence-electron chi connectivity index (χ2n) is 4.83. The third kappa shape index (κ3) is 6.82. The number of amides is 1. The van der Waals surface area contributed by atoms with Crippen LogP contribution in [0.5, 0.6) is 0 Å². The first-order chi connectivity index (χ1) is 10.2. The zero-order valence-corrected chi connectivity index (χ0v) is 12.5. The van der Waals surface area contributed by atoms with Crippen molar-refractivity contribution in [3.8, 4) is 0 Å². The van der Waals surface area contributed by atoms with Crippen LogP contribution >= 0.6 is 7.60 Å². The monoisotopic (exact) mass is 331 g/mol. The van der Waals surface area contributed by atoms with Crippen LogP contribution in [0.1, 0.15) is 5.56 Å². The number of carbonyl (C=O) groups excluding carboxylic acids is 1. The van der Waals surface area contributed by atoms with Gasteiger partial charge >= 0.3 is 13.6 Å². The van der Waals surface area contributed by atoms with Gasteiger partial charge in [-0.2, -0.15) is 0 Å². The van der Waals surface area contributed by atoms with Crippen molar-refractivity contribution in [2.24, 2.45) is 5.92 Å². The predicted molar refractivity (Wildman–Crippen MR) is 77.2 cm³/mol. The van der Waals surface area contributed by atoms with Gasteiger partial charge in [0.05, 0.1) is 18.6 Å². The number of nitrogens with one attached hydrogen (secondary N) is 1. The summed E-state index contributed by atoms with van der Waals surface area (Å²) >= 11 is 0. The van der Waals surface area contributed by atoms with Gasteiger partial charge in [0.1, 0.15) is 0 Å². The number of aliphatic hydroxyl groups is 1. The van der Waals surface area contributed by atoms with Crippen LogP contribution in [0.2, 0.25) is 0 Å². The van der Waals surface area contributed by atoms with Gasteiger partial charge < -0.3 is 25.3 Å². The lowest BCUT2D eigenvalue weighted by atomic mass is 10.00. The number of benzene rings is 1. The van der Waals surface area contributed by atoms with E-state index in [0.29, 0.717) is 0 Å². The summed E-state index contributed by atoms with van der Waals surface area (Å²) in [6.07, 6.45) is -2.32. The highest BCUT2D eigenvalue weighted by molar-refractivity contribution is 7.51. The van der Waals surface area contributed by atoms with E-state index in [1.807, 2.05) is 0 Å². The third-order valence-corrected chi connectivity index (χ3v) is 3.83. The number of carboxylic acid groups (broad SMARTS) is 1. The second-order valence-corrected chi connectivity index (χ2v) is 6.53. The summed E-state index contributed by atoms with van der Waals surface area (Å²) in [7, 11) is -4.42. The smallest absolute Gasteiger partial charge is 0.334 e. The van der Waals surface area contributed by atoms with Gasteiger partial charge in [-0.1, -0.05) is 30.3 Å². The Morgan fingerprint density at radius 1 is 1.18 bits per heavy atom. The molecule has 1 aromatic rings. The van der Waals surface area contributed by atoms with Gasteiger partial charge in [-0.15, -0.1) is 0 Å². The molecule has 1 amide bonds. The van der Waals surface area contributed by atoms with Crippen molar-refractivity contribution < 1.29 is 34.2 Å². The lowest BCUT2D eigenvalue weighted by molar-refractivity contribution is -0.146. The van der Waals surface area contributed by atoms with Crippen molar-refractivity contribution in [3.05, 3.63) is 35.9 Å². The molecule has 0 fully saturated rings. The molecular weight excluding hydrogens is 313 g/mol. The molecule has 0 aliphatic heterocycles. The maximum atomic E-state index is 12.0. The van der Waals surface area contributed by atoms with Crippen LogP contribution < -0.4 is 5.32 Å². The van der Waals surface area contributed by atoms with Crippen molar-refractivity contribution in [2.75, 3.05) is 12.7 Å². The molecule has 0 spiro atoms. The zero-order chi connectivity index (χ0) is 16.8. The molecule has 0 saturated heterocycles. The van der Waals surface area contributed by atoms with E-state index in [1.165, 1.54) is 0 Å². The standard InChI is InChI=1S/C13H18NO7P/c15-11(13(17)18)7-14-12(16)10(8-22(19,20)21)6-9-4-2-1-3-5-9/h1-5,10-11,15H,6-8H2,(H,14,16)(H,17,18)(H2,19,20,21). The molecule has 0 aliphatic rings. The highest BCUT2D eigenvalue weighted by Crippen LogP contribution is 2.37. The SMILES string of the molecule is O=C(O)C(O)CNC(=O)C(Cc1ccccc1)CP(=O)(O)O. The predicted octanol–water partition coefficient (Wildman–Crippen LogP) is -0.415. The highest BCUT2D eigenvalue weighted by Gasteiger charge is 2.28. The maximum Gasteiger partial charge on any atom is 0.334 e. The van der Waals surface area contributed by atoms with Crippen molar-refractivity contribution in [1.29, 1.82) is 0 Å². The van der Waals surface area contributed by atoms with Crippen molar-refractivity contribution in [3.63, 3.8) is 0 Å². The lowest BCUT2D eigenvalue weighted by Gasteiger charge is -2.18. The molecule has 5 N–H and O–H groups in total. The van der Waals surface area contributed by atoms with Gasteiger partial charge in [-0.25, -0.2) is 4.79 Å². The van der Waals surface area contributed by atoms with Crippen molar-refractivity contribution >= 4 is 19.5 Å². The van der Waals surface area contributed by atoms with E-state index in [-0.39, 0.29) is 6.42 Å². The third-order valence-electron chi connectivity index (χ3n) is 2.91. The quantitative estimate of drug-likeness (QED) is 0.407. The topological polar surface area (TPSA) is 144 Å². The summed E-state index contributed by atoms with van der Waals surface area (Å²) in [5.74, 6) is -3.23.